The van der Waals surface area contributed by atoms with Crippen molar-refractivity contribution < 1.29 is 19.1 Å². The van der Waals surface area contributed by atoms with Crippen molar-refractivity contribution in [3.8, 4) is 0 Å². The summed E-state index contributed by atoms with van der Waals surface area (Å²) in [5, 5.41) is 8.87. The Morgan fingerprint density at radius 2 is 2.04 bits per heavy atom. The molecule has 0 radical (unpaired) electrons. The van der Waals surface area contributed by atoms with E-state index in [1.807, 2.05) is 11.8 Å². The number of carbonyl (C=O) groups is 2. The number of likely N-dealkylation sites (tertiary alicyclic amines) is 1. The predicted octanol–water partition coefficient (Wildman–Crippen LogP) is 3.80. The molecule has 2 unspecified atom stereocenters. The SMILES string of the molecule is CC(CSc1ccc(F)cc1)C(=O)N1CCCCC1CCC(=O)O. The van der Waals surface area contributed by atoms with Gasteiger partial charge in [0.25, 0.3) is 0 Å². The minimum absolute atomic E-state index is 0.0422. The Balaban J connectivity index is 1.89. The summed E-state index contributed by atoms with van der Waals surface area (Å²) >= 11 is 1.54. The van der Waals surface area contributed by atoms with Gasteiger partial charge < -0.3 is 10.0 Å². The molecule has 2 rings (SSSR count). The van der Waals surface area contributed by atoms with Gasteiger partial charge in [0.2, 0.25) is 5.91 Å². The van der Waals surface area contributed by atoms with Gasteiger partial charge in [0.15, 0.2) is 0 Å². The molecule has 1 aliphatic heterocycles. The normalized spacial score (nSPS) is 19.1. The lowest BCUT2D eigenvalue weighted by molar-refractivity contribution is -0.141. The first-order valence-corrected chi connectivity index (χ1v) is 9.36. The summed E-state index contributed by atoms with van der Waals surface area (Å²) < 4.78 is 12.9. The van der Waals surface area contributed by atoms with E-state index in [1.54, 1.807) is 23.9 Å². The van der Waals surface area contributed by atoms with Gasteiger partial charge in [-0.15, -0.1) is 11.8 Å². The quantitative estimate of drug-likeness (QED) is 0.758. The number of nitrogens with zero attached hydrogens (tertiary/aromatic N) is 1. The van der Waals surface area contributed by atoms with Crippen LogP contribution in [0.25, 0.3) is 0 Å². The fraction of sp³-hybridized carbons (Fsp3) is 0.556. The van der Waals surface area contributed by atoms with E-state index in [0.717, 1.165) is 24.2 Å². The van der Waals surface area contributed by atoms with E-state index in [9.17, 15) is 14.0 Å². The zero-order valence-corrected chi connectivity index (χ0v) is 14.7. The van der Waals surface area contributed by atoms with Gasteiger partial charge in [0.05, 0.1) is 0 Å². The van der Waals surface area contributed by atoms with Crippen LogP contribution in [-0.4, -0.2) is 40.2 Å². The Labute approximate surface area is 146 Å². The van der Waals surface area contributed by atoms with Crippen molar-refractivity contribution in [2.24, 2.45) is 5.92 Å². The molecule has 0 aliphatic carbocycles. The molecule has 1 aromatic carbocycles. The van der Waals surface area contributed by atoms with Crippen LogP contribution >= 0.6 is 11.8 Å². The molecule has 0 bridgehead atoms. The monoisotopic (exact) mass is 353 g/mol. The first-order chi connectivity index (χ1) is 11.5. The summed E-state index contributed by atoms with van der Waals surface area (Å²) in [6.45, 7) is 2.62. The maximum Gasteiger partial charge on any atom is 0.303 e. The van der Waals surface area contributed by atoms with Crippen LogP contribution in [0.4, 0.5) is 4.39 Å². The van der Waals surface area contributed by atoms with Crippen molar-refractivity contribution >= 4 is 23.6 Å². The van der Waals surface area contributed by atoms with Gasteiger partial charge in [-0.2, -0.15) is 0 Å². The highest BCUT2D eigenvalue weighted by Crippen LogP contribution is 2.26. The van der Waals surface area contributed by atoms with Crippen molar-refractivity contribution in [3.63, 3.8) is 0 Å². The molecule has 1 fully saturated rings. The predicted molar refractivity (Wildman–Crippen MR) is 92.5 cm³/mol. The summed E-state index contributed by atoms with van der Waals surface area (Å²) in [7, 11) is 0. The molecule has 0 saturated carbocycles. The number of carboxylic acid groups (broad SMARTS) is 1. The lowest BCUT2D eigenvalue weighted by atomic mass is 9.96. The number of aliphatic carboxylic acids is 1. The lowest BCUT2D eigenvalue weighted by Gasteiger charge is -2.37. The smallest absolute Gasteiger partial charge is 0.303 e. The second-order valence-electron chi connectivity index (χ2n) is 6.28. The maximum absolute atomic E-state index is 12.9. The molecule has 0 aromatic heterocycles. The number of hydrogen-bond donors (Lipinski definition) is 1. The van der Waals surface area contributed by atoms with Crippen LogP contribution in [0.3, 0.4) is 0 Å². The molecular formula is C18H24FNO3S. The molecule has 24 heavy (non-hydrogen) atoms. The second-order valence-corrected chi connectivity index (χ2v) is 7.37. The third kappa shape index (κ3) is 5.51. The summed E-state index contributed by atoms with van der Waals surface area (Å²) in [5.41, 5.74) is 0. The van der Waals surface area contributed by atoms with Crippen molar-refractivity contribution in [2.45, 2.75) is 50.0 Å². The second kappa shape index (κ2) is 9.06. The average molecular weight is 353 g/mol. The van der Waals surface area contributed by atoms with E-state index >= 15 is 0 Å². The third-order valence-electron chi connectivity index (χ3n) is 4.34. The molecule has 1 amide bonds. The van der Waals surface area contributed by atoms with Crippen molar-refractivity contribution in [1.82, 2.24) is 4.90 Å². The Morgan fingerprint density at radius 1 is 1.33 bits per heavy atom. The van der Waals surface area contributed by atoms with Crippen LogP contribution in [-0.2, 0) is 9.59 Å². The van der Waals surface area contributed by atoms with Gasteiger partial charge in [-0.05, 0) is 49.9 Å². The maximum atomic E-state index is 12.9. The molecule has 1 aromatic rings. The molecule has 2 atom stereocenters. The van der Waals surface area contributed by atoms with E-state index < -0.39 is 5.97 Å². The van der Waals surface area contributed by atoms with Crippen LogP contribution < -0.4 is 0 Å². The number of benzene rings is 1. The molecule has 0 spiro atoms. The number of hydrogen-bond acceptors (Lipinski definition) is 3. The summed E-state index contributed by atoms with van der Waals surface area (Å²) in [5.74, 6) is -0.497. The van der Waals surface area contributed by atoms with Crippen LogP contribution in [0.15, 0.2) is 29.2 Å². The van der Waals surface area contributed by atoms with Gasteiger partial charge in [-0.1, -0.05) is 6.92 Å². The van der Waals surface area contributed by atoms with E-state index in [-0.39, 0.29) is 30.1 Å². The van der Waals surface area contributed by atoms with Crippen LogP contribution in [0.2, 0.25) is 0 Å². The Kier molecular flexibility index (Phi) is 7.09. The largest absolute Gasteiger partial charge is 0.481 e. The third-order valence-corrected chi connectivity index (χ3v) is 5.61. The van der Waals surface area contributed by atoms with Gasteiger partial charge in [0, 0.05) is 35.6 Å². The van der Waals surface area contributed by atoms with Crippen molar-refractivity contribution in [3.05, 3.63) is 30.1 Å². The average Bonchev–Trinajstić information content (AvgIpc) is 2.58. The highest BCUT2D eigenvalue weighted by molar-refractivity contribution is 7.99. The Bertz CT molecular complexity index is 564. The number of rotatable bonds is 7. The van der Waals surface area contributed by atoms with Crippen molar-refractivity contribution in [2.75, 3.05) is 12.3 Å². The number of halogens is 1. The highest BCUT2D eigenvalue weighted by atomic mass is 32.2. The molecule has 1 N–H and O–H groups in total. The summed E-state index contributed by atoms with van der Waals surface area (Å²) in [4.78, 5) is 26.4. The first-order valence-electron chi connectivity index (χ1n) is 8.38. The molecule has 1 aliphatic rings. The van der Waals surface area contributed by atoms with Crippen LogP contribution in [0.5, 0.6) is 0 Å². The van der Waals surface area contributed by atoms with Gasteiger partial charge in [0.1, 0.15) is 5.82 Å². The molecule has 1 saturated heterocycles. The van der Waals surface area contributed by atoms with Crippen LogP contribution in [0, 0.1) is 11.7 Å². The van der Waals surface area contributed by atoms with Crippen LogP contribution in [0.1, 0.15) is 39.0 Å². The first kappa shape index (κ1) is 18.8. The number of amides is 1. The zero-order valence-electron chi connectivity index (χ0n) is 13.9. The standard InChI is InChI=1S/C18H24FNO3S/c1-13(12-24-16-8-5-14(19)6-9-16)18(23)20-11-3-2-4-15(20)7-10-17(21)22/h5-6,8-9,13,15H,2-4,7,10-12H2,1H3,(H,21,22). The van der Waals surface area contributed by atoms with E-state index in [4.69, 9.17) is 5.11 Å². The number of piperidine rings is 1. The van der Waals surface area contributed by atoms with E-state index in [1.165, 1.54) is 12.1 Å². The van der Waals surface area contributed by atoms with Gasteiger partial charge in [-0.25, -0.2) is 4.39 Å². The molecule has 6 heteroatoms. The summed E-state index contributed by atoms with van der Waals surface area (Å²) in [6.07, 6.45) is 3.54. The lowest BCUT2D eigenvalue weighted by Crippen LogP contribution is -2.46. The zero-order chi connectivity index (χ0) is 17.5. The van der Waals surface area contributed by atoms with Gasteiger partial charge in [-0.3, -0.25) is 9.59 Å². The Hall–Kier alpha value is -1.56. The minimum Gasteiger partial charge on any atom is -0.481 e. The van der Waals surface area contributed by atoms with E-state index in [0.29, 0.717) is 18.7 Å². The number of thioether (sulfide) groups is 1. The molecular weight excluding hydrogens is 329 g/mol. The topological polar surface area (TPSA) is 57.6 Å². The fourth-order valence-corrected chi connectivity index (χ4v) is 3.90. The summed E-state index contributed by atoms with van der Waals surface area (Å²) in [6, 6.07) is 6.31. The fourth-order valence-electron chi connectivity index (χ4n) is 2.99. The molecule has 1 heterocycles. The highest BCUT2D eigenvalue weighted by Gasteiger charge is 2.29. The number of carbonyl (C=O) groups excluding carboxylic acids is 1. The molecule has 132 valence electrons. The minimum atomic E-state index is -0.812. The van der Waals surface area contributed by atoms with Gasteiger partial charge >= 0.3 is 5.97 Å². The van der Waals surface area contributed by atoms with Crippen molar-refractivity contribution in [1.29, 1.82) is 0 Å². The number of carboxylic acids is 1. The van der Waals surface area contributed by atoms with E-state index in [2.05, 4.69) is 0 Å². The molecule has 4 nitrogen and oxygen atoms in total. The Morgan fingerprint density at radius 3 is 2.71 bits per heavy atom.